The summed E-state index contributed by atoms with van der Waals surface area (Å²) in [6, 6.07) is 12.1. The standard InChI is InChI=1S/C21H20ClN5O/c1-14-10-15(11-23-20(14)26(2)8-9-28)17-12-27(16-6-4-3-5-7-16)21-18(17)19(22)24-13-25-21/h3-7,10-13,28H,8-9H2,1-2H3. The number of halogens is 1. The zero-order chi connectivity index (χ0) is 19.7. The third-order valence-corrected chi connectivity index (χ3v) is 5.02. The Morgan fingerprint density at radius 3 is 2.64 bits per heavy atom. The quantitative estimate of drug-likeness (QED) is 0.521. The van der Waals surface area contributed by atoms with Gasteiger partial charge in [0.2, 0.25) is 0 Å². The van der Waals surface area contributed by atoms with Crippen LogP contribution in [0.1, 0.15) is 5.56 Å². The van der Waals surface area contributed by atoms with E-state index in [1.54, 1.807) is 0 Å². The fraction of sp³-hybridized carbons (Fsp3) is 0.190. The maximum Gasteiger partial charge on any atom is 0.150 e. The number of aliphatic hydroxyl groups is 1. The van der Waals surface area contributed by atoms with Gasteiger partial charge < -0.3 is 14.6 Å². The number of anilines is 1. The minimum absolute atomic E-state index is 0.0802. The van der Waals surface area contributed by atoms with Crippen LogP contribution >= 0.6 is 11.6 Å². The molecule has 0 amide bonds. The van der Waals surface area contributed by atoms with Crippen LogP contribution in [-0.4, -0.2) is 44.8 Å². The molecule has 1 N–H and O–H groups in total. The molecule has 7 heteroatoms. The molecule has 0 atom stereocenters. The van der Waals surface area contributed by atoms with Crippen LogP contribution in [0.15, 0.2) is 55.1 Å². The van der Waals surface area contributed by atoms with E-state index in [0.717, 1.165) is 39.2 Å². The van der Waals surface area contributed by atoms with Crippen molar-refractivity contribution in [3.8, 4) is 16.8 Å². The fourth-order valence-corrected chi connectivity index (χ4v) is 3.63. The molecule has 0 spiro atoms. The molecule has 0 aliphatic rings. The number of fused-ring (bicyclic) bond motifs is 1. The van der Waals surface area contributed by atoms with Crippen molar-refractivity contribution >= 4 is 28.5 Å². The van der Waals surface area contributed by atoms with Gasteiger partial charge in [0.05, 0.1) is 12.0 Å². The third-order valence-electron chi connectivity index (χ3n) is 4.73. The Morgan fingerprint density at radius 2 is 1.93 bits per heavy atom. The van der Waals surface area contributed by atoms with Crippen molar-refractivity contribution in [2.75, 3.05) is 25.1 Å². The highest BCUT2D eigenvalue weighted by atomic mass is 35.5. The SMILES string of the molecule is Cc1cc(-c2cn(-c3ccccc3)c3ncnc(Cl)c23)cnc1N(C)CCO. The van der Waals surface area contributed by atoms with Gasteiger partial charge in [-0.2, -0.15) is 0 Å². The number of hydrogen-bond donors (Lipinski definition) is 1. The number of hydrogen-bond acceptors (Lipinski definition) is 5. The smallest absolute Gasteiger partial charge is 0.150 e. The van der Waals surface area contributed by atoms with Gasteiger partial charge in [0.1, 0.15) is 22.9 Å². The summed E-state index contributed by atoms with van der Waals surface area (Å²) < 4.78 is 2.01. The predicted molar refractivity (Wildman–Crippen MR) is 112 cm³/mol. The molecule has 1 aromatic carbocycles. The van der Waals surface area contributed by atoms with Crippen molar-refractivity contribution in [1.82, 2.24) is 19.5 Å². The van der Waals surface area contributed by atoms with Gasteiger partial charge in [0.25, 0.3) is 0 Å². The van der Waals surface area contributed by atoms with Gasteiger partial charge in [0, 0.05) is 42.8 Å². The summed E-state index contributed by atoms with van der Waals surface area (Å²) >= 11 is 6.45. The van der Waals surface area contributed by atoms with Gasteiger partial charge in [-0.3, -0.25) is 0 Å². The Hall–Kier alpha value is -2.96. The lowest BCUT2D eigenvalue weighted by Gasteiger charge is -2.19. The zero-order valence-corrected chi connectivity index (χ0v) is 16.4. The summed E-state index contributed by atoms with van der Waals surface area (Å²) in [5.74, 6) is 0.840. The topological polar surface area (TPSA) is 67.1 Å². The second-order valence-electron chi connectivity index (χ2n) is 6.62. The molecule has 0 aliphatic heterocycles. The van der Waals surface area contributed by atoms with E-state index < -0.39 is 0 Å². The average Bonchev–Trinajstić information content (AvgIpc) is 3.10. The van der Waals surface area contributed by atoms with Crippen LogP contribution in [0.5, 0.6) is 0 Å². The first-order valence-electron chi connectivity index (χ1n) is 8.96. The van der Waals surface area contributed by atoms with Crippen LogP contribution in [0.2, 0.25) is 5.15 Å². The molecule has 0 aliphatic carbocycles. The Bertz CT molecular complexity index is 1130. The summed E-state index contributed by atoms with van der Waals surface area (Å²) in [6.07, 6.45) is 5.32. The maximum absolute atomic E-state index is 9.18. The highest BCUT2D eigenvalue weighted by Gasteiger charge is 2.17. The third kappa shape index (κ3) is 3.21. The van der Waals surface area contributed by atoms with E-state index in [-0.39, 0.29) is 6.61 Å². The van der Waals surface area contributed by atoms with Gasteiger partial charge in [0.15, 0.2) is 0 Å². The molecule has 0 fully saturated rings. The Labute approximate surface area is 168 Å². The summed E-state index contributed by atoms with van der Waals surface area (Å²) in [6.45, 7) is 2.62. The molecule has 0 saturated heterocycles. The number of aromatic nitrogens is 4. The van der Waals surface area contributed by atoms with E-state index in [0.29, 0.717) is 11.7 Å². The molecular weight excluding hydrogens is 374 g/mol. The molecule has 142 valence electrons. The molecule has 0 unspecified atom stereocenters. The van der Waals surface area contributed by atoms with Crippen molar-refractivity contribution in [2.24, 2.45) is 0 Å². The normalized spacial score (nSPS) is 11.1. The molecule has 0 saturated carbocycles. The van der Waals surface area contributed by atoms with Crippen molar-refractivity contribution in [1.29, 1.82) is 0 Å². The van der Waals surface area contributed by atoms with Crippen LogP contribution in [0.25, 0.3) is 27.8 Å². The lowest BCUT2D eigenvalue weighted by Crippen LogP contribution is -2.23. The minimum atomic E-state index is 0.0802. The molecule has 4 aromatic rings. The first-order chi connectivity index (χ1) is 13.6. The van der Waals surface area contributed by atoms with Crippen molar-refractivity contribution < 1.29 is 5.11 Å². The van der Waals surface area contributed by atoms with Crippen molar-refractivity contribution in [3.05, 3.63) is 65.8 Å². The minimum Gasteiger partial charge on any atom is -0.395 e. The van der Waals surface area contributed by atoms with Crippen LogP contribution in [0.4, 0.5) is 5.82 Å². The number of para-hydroxylation sites is 1. The van der Waals surface area contributed by atoms with Crippen molar-refractivity contribution in [2.45, 2.75) is 6.92 Å². The zero-order valence-electron chi connectivity index (χ0n) is 15.7. The van der Waals surface area contributed by atoms with Crippen LogP contribution < -0.4 is 4.90 Å². The molecule has 6 nitrogen and oxygen atoms in total. The number of likely N-dealkylation sites (N-methyl/N-ethyl adjacent to an activating group) is 1. The highest BCUT2D eigenvalue weighted by Crippen LogP contribution is 2.35. The van der Waals surface area contributed by atoms with E-state index in [1.165, 1.54) is 6.33 Å². The molecule has 4 rings (SSSR count). The Balaban J connectivity index is 1.89. The van der Waals surface area contributed by atoms with E-state index >= 15 is 0 Å². The maximum atomic E-state index is 9.18. The summed E-state index contributed by atoms with van der Waals surface area (Å²) in [7, 11) is 1.91. The second-order valence-corrected chi connectivity index (χ2v) is 6.98. The Kier molecular flexibility index (Phi) is 4.98. The first-order valence-corrected chi connectivity index (χ1v) is 9.34. The molecule has 28 heavy (non-hydrogen) atoms. The summed E-state index contributed by atoms with van der Waals surface area (Å²) in [4.78, 5) is 15.2. The van der Waals surface area contributed by atoms with Crippen molar-refractivity contribution in [3.63, 3.8) is 0 Å². The van der Waals surface area contributed by atoms with E-state index in [4.69, 9.17) is 11.6 Å². The number of pyridine rings is 1. The first kappa shape index (κ1) is 18.4. The fourth-order valence-electron chi connectivity index (χ4n) is 3.40. The number of benzene rings is 1. The largest absolute Gasteiger partial charge is 0.395 e. The van der Waals surface area contributed by atoms with E-state index in [1.807, 2.05) is 66.2 Å². The van der Waals surface area contributed by atoms with Gasteiger partial charge in [-0.25, -0.2) is 15.0 Å². The summed E-state index contributed by atoms with van der Waals surface area (Å²) in [5, 5.41) is 10.4. The van der Waals surface area contributed by atoms with Gasteiger partial charge in [-0.05, 0) is 30.7 Å². The number of nitrogens with zero attached hydrogens (tertiary/aromatic N) is 5. The highest BCUT2D eigenvalue weighted by molar-refractivity contribution is 6.35. The summed E-state index contributed by atoms with van der Waals surface area (Å²) in [5.41, 5.74) is 4.63. The number of rotatable bonds is 5. The Morgan fingerprint density at radius 1 is 1.14 bits per heavy atom. The lowest BCUT2D eigenvalue weighted by atomic mass is 10.1. The van der Waals surface area contributed by atoms with E-state index in [2.05, 4.69) is 21.0 Å². The molecule has 0 radical (unpaired) electrons. The van der Waals surface area contributed by atoms with Gasteiger partial charge >= 0.3 is 0 Å². The molecule has 3 aromatic heterocycles. The molecule has 0 bridgehead atoms. The van der Waals surface area contributed by atoms with E-state index in [9.17, 15) is 5.11 Å². The van der Waals surface area contributed by atoms with Gasteiger partial charge in [-0.1, -0.05) is 29.8 Å². The number of aryl methyl sites for hydroxylation is 1. The van der Waals surface area contributed by atoms with Gasteiger partial charge in [-0.15, -0.1) is 0 Å². The van der Waals surface area contributed by atoms with Crippen LogP contribution in [0, 0.1) is 6.92 Å². The number of aliphatic hydroxyl groups excluding tert-OH is 1. The van der Waals surface area contributed by atoms with Crippen LogP contribution in [-0.2, 0) is 0 Å². The second kappa shape index (κ2) is 7.58. The average molecular weight is 394 g/mol. The molecular formula is C21H20ClN5O. The predicted octanol–water partition coefficient (Wildman–Crippen LogP) is 3.87. The molecule has 3 heterocycles. The monoisotopic (exact) mass is 393 g/mol. The van der Waals surface area contributed by atoms with Crippen LogP contribution in [0.3, 0.4) is 0 Å². The lowest BCUT2D eigenvalue weighted by molar-refractivity contribution is 0.304.